The molecule has 0 radical (unpaired) electrons. The second-order valence-electron chi connectivity index (χ2n) is 5.95. The molecule has 1 aromatic carbocycles. The lowest BCUT2D eigenvalue weighted by Crippen LogP contribution is -2.32. The van der Waals surface area contributed by atoms with Gasteiger partial charge in [0.15, 0.2) is 11.6 Å². The van der Waals surface area contributed by atoms with Gasteiger partial charge in [0.1, 0.15) is 0 Å². The molecule has 1 fully saturated rings. The van der Waals surface area contributed by atoms with Crippen LogP contribution in [0.3, 0.4) is 0 Å². The maximum atomic E-state index is 13.5. The Bertz CT molecular complexity index is 724. The van der Waals surface area contributed by atoms with Gasteiger partial charge >= 0.3 is 0 Å². The number of likely N-dealkylation sites (tertiary alicyclic amines) is 1. The zero-order chi connectivity index (χ0) is 17.1. The Kier molecular flexibility index (Phi) is 4.85. The van der Waals surface area contributed by atoms with Crippen LogP contribution in [0.1, 0.15) is 30.1 Å². The molecule has 0 unspecified atom stereocenters. The number of hydrogen-bond acceptors (Lipinski definition) is 3. The van der Waals surface area contributed by atoms with Crippen molar-refractivity contribution in [1.29, 1.82) is 0 Å². The first-order valence-corrected chi connectivity index (χ1v) is 7.87. The van der Waals surface area contributed by atoms with Crippen LogP contribution in [-0.4, -0.2) is 33.5 Å². The standard InChI is InChI=1S/C18H18F2N2O2/c19-15-6-4-12(9-16(15)20)17-10-14(23)11-22(17)18(24)7-5-13-3-1-2-8-21-13/h1-4,6,8-9,14,17,23H,5,7,10-11H2/t14-,17-/m1/s1. The summed E-state index contributed by atoms with van der Waals surface area (Å²) in [6.07, 6.45) is 2.08. The van der Waals surface area contributed by atoms with E-state index in [4.69, 9.17) is 0 Å². The van der Waals surface area contributed by atoms with Gasteiger partial charge in [0, 0.05) is 24.9 Å². The molecule has 1 aliphatic heterocycles. The number of halogens is 2. The van der Waals surface area contributed by atoms with E-state index in [1.165, 1.54) is 6.07 Å². The summed E-state index contributed by atoms with van der Waals surface area (Å²) in [6.45, 7) is 0.199. The summed E-state index contributed by atoms with van der Waals surface area (Å²) in [5.74, 6) is -2.01. The van der Waals surface area contributed by atoms with E-state index in [9.17, 15) is 18.7 Å². The number of aromatic nitrogens is 1. The van der Waals surface area contributed by atoms with Gasteiger partial charge in [0.05, 0.1) is 12.1 Å². The minimum atomic E-state index is -0.949. The van der Waals surface area contributed by atoms with Crippen LogP contribution in [0.25, 0.3) is 0 Å². The van der Waals surface area contributed by atoms with Gasteiger partial charge in [-0.1, -0.05) is 12.1 Å². The van der Waals surface area contributed by atoms with Crippen molar-refractivity contribution >= 4 is 5.91 Å². The van der Waals surface area contributed by atoms with E-state index in [0.29, 0.717) is 18.4 Å². The fourth-order valence-electron chi connectivity index (χ4n) is 3.05. The van der Waals surface area contributed by atoms with Gasteiger partial charge < -0.3 is 10.0 Å². The Morgan fingerprint density at radius 3 is 2.79 bits per heavy atom. The largest absolute Gasteiger partial charge is 0.391 e. The van der Waals surface area contributed by atoms with Crippen LogP contribution in [-0.2, 0) is 11.2 Å². The van der Waals surface area contributed by atoms with Crippen molar-refractivity contribution in [1.82, 2.24) is 9.88 Å². The van der Waals surface area contributed by atoms with Crippen molar-refractivity contribution in [3.63, 3.8) is 0 Å². The van der Waals surface area contributed by atoms with E-state index in [0.717, 1.165) is 17.8 Å². The summed E-state index contributed by atoms with van der Waals surface area (Å²) >= 11 is 0. The molecular weight excluding hydrogens is 314 g/mol. The van der Waals surface area contributed by atoms with Crippen LogP contribution in [0.5, 0.6) is 0 Å². The van der Waals surface area contributed by atoms with Crippen LogP contribution in [0, 0.1) is 11.6 Å². The number of β-amino-alcohol motifs (C(OH)–C–C–N with tert-alkyl or cyclic N) is 1. The lowest BCUT2D eigenvalue weighted by Gasteiger charge is -2.25. The maximum Gasteiger partial charge on any atom is 0.223 e. The fraction of sp³-hybridized carbons (Fsp3) is 0.333. The molecule has 2 atom stereocenters. The zero-order valence-electron chi connectivity index (χ0n) is 13.0. The summed E-state index contributed by atoms with van der Waals surface area (Å²) in [6, 6.07) is 8.67. The molecule has 1 saturated heterocycles. The number of aliphatic hydroxyl groups is 1. The SMILES string of the molecule is O=C(CCc1ccccn1)N1C[C@H](O)C[C@@H]1c1ccc(F)c(F)c1. The van der Waals surface area contributed by atoms with E-state index in [2.05, 4.69) is 4.98 Å². The monoisotopic (exact) mass is 332 g/mol. The second-order valence-corrected chi connectivity index (χ2v) is 5.95. The number of aryl methyl sites for hydroxylation is 1. The molecule has 2 heterocycles. The average molecular weight is 332 g/mol. The number of benzene rings is 1. The summed E-state index contributed by atoms with van der Waals surface area (Å²) in [5, 5.41) is 9.92. The van der Waals surface area contributed by atoms with Gasteiger partial charge in [-0.05, 0) is 42.7 Å². The van der Waals surface area contributed by atoms with E-state index in [-0.39, 0.29) is 18.9 Å². The van der Waals surface area contributed by atoms with Crippen LogP contribution < -0.4 is 0 Å². The quantitative estimate of drug-likeness (QED) is 0.936. The number of hydrogen-bond donors (Lipinski definition) is 1. The molecule has 4 nitrogen and oxygen atoms in total. The average Bonchev–Trinajstić information content (AvgIpc) is 2.98. The number of carbonyl (C=O) groups excluding carboxylic acids is 1. The fourth-order valence-corrected chi connectivity index (χ4v) is 3.05. The van der Waals surface area contributed by atoms with Crippen LogP contribution >= 0.6 is 0 Å². The normalized spacial score (nSPS) is 20.4. The first kappa shape index (κ1) is 16.5. The van der Waals surface area contributed by atoms with Gasteiger partial charge in [0.2, 0.25) is 5.91 Å². The third kappa shape index (κ3) is 3.59. The molecule has 0 saturated carbocycles. The minimum Gasteiger partial charge on any atom is -0.391 e. The molecule has 6 heteroatoms. The van der Waals surface area contributed by atoms with E-state index in [1.54, 1.807) is 17.2 Å². The maximum absolute atomic E-state index is 13.5. The number of aliphatic hydroxyl groups excluding tert-OH is 1. The van der Waals surface area contributed by atoms with Gasteiger partial charge in [-0.2, -0.15) is 0 Å². The Morgan fingerprint density at radius 2 is 2.08 bits per heavy atom. The van der Waals surface area contributed by atoms with Gasteiger partial charge in [-0.25, -0.2) is 8.78 Å². The molecule has 1 aliphatic rings. The molecule has 1 N–H and O–H groups in total. The van der Waals surface area contributed by atoms with Gasteiger partial charge in [0.25, 0.3) is 0 Å². The highest BCUT2D eigenvalue weighted by molar-refractivity contribution is 5.77. The van der Waals surface area contributed by atoms with Crippen molar-refractivity contribution in [3.05, 3.63) is 65.5 Å². The van der Waals surface area contributed by atoms with Gasteiger partial charge in [-0.15, -0.1) is 0 Å². The zero-order valence-corrected chi connectivity index (χ0v) is 13.0. The predicted molar refractivity (Wildman–Crippen MR) is 84.0 cm³/mol. The lowest BCUT2D eigenvalue weighted by atomic mass is 10.0. The molecular formula is C18H18F2N2O2. The van der Waals surface area contributed by atoms with Crippen LogP contribution in [0.4, 0.5) is 8.78 Å². The number of rotatable bonds is 4. The van der Waals surface area contributed by atoms with Gasteiger partial charge in [-0.3, -0.25) is 9.78 Å². The van der Waals surface area contributed by atoms with Crippen molar-refractivity contribution < 1.29 is 18.7 Å². The molecule has 1 aromatic heterocycles. The molecule has 1 amide bonds. The Balaban J connectivity index is 1.72. The number of nitrogens with zero attached hydrogens (tertiary/aromatic N) is 2. The van der Waals surface area contributed by atoms with Crippen molar-refractivity contribution in [2.45, 2.75) is 31.4 Å². The summed E-state index contributed by atoms with van der Waals surface area (Å²) in [7, 11) is 0. The van der Waals surface area contributed by atoms with E-state index in [1.807, 2.05) is 12.1 Å². The highest BCUT2D eigenvalue weighted by atomic mass is 19.2. The molecule has 2 aromatic rings. The predicted octanol–water partition coefficient (Wildman–Crippen LogP) is 2.63. The summed E-state index contributed by atoms with van der Waals surface area (Å²) in [4.78, 5) is 18.2. The second kappa shape index (κ2) is 7.05. The molecule has 126 valence electrons. The molecule has 24 heavy (non-hydrogen) atoms. The summed E-state index contributed by atoms with van der Waals surface area (Å²) < 4.78 is 26.6. The molecule has 0 spiro atoms. The number of pyridine rings is 1. The lowest BCUT2D eigenvalue weighted by molar-refractivity contribution is -0.132. The molecule has 0 aliphatic carbocycles. The smallest absolute Gasteiger partial charge is 0.223 e. The van der Waals surface area contributed by atoms with E-state index >= 15 is 0 Å². The molecule has 3 rings (SSSR count). The first-order valence-electron chi connectivity index (χ1n) is 7.87. The molecule has 0 bridgehead atoms. The topological polar surface area (TPSA) is 53.4 Å². The third-order valence-electron chi connectivity index (χ3n) is 4.25. The highest BCUT2D eigenvalue weighted by Crippen LogP contribution is 2.33. The van der Waals surface area contributed by atoms with Crippen molar-refractivity contribution in [2.75, 3.05) is 6.54 Å². The Hall–Kier alpha value is -2.34. The summed E-state index contributed by atoms with van der Waals surface area (Å²) in [5.41, 5.74) is 1.31. The minimum absolute atomic E-state index is 0.132. The van der Waals surface area contributed by atoms with Crippen molar-refractivity contribution in [2.24, 2.45) is 0 Å². The van der Waals surface area contributed by atoms with Crippen LogP contribution in [0.2, 0.25) is 0 Å². The first-order chi connectivity index (χ1) is 11.5. The number of amides is 1. The Morgan fingerprint density at radius 1 is 1.25 bits per heavy atom. The number of carbonyl (C=O) groups is 1. The Labute approximate surface area is 138 Å². The van der Waals surface area contributed by atoms with Crippen molar-refractivity contribution in [3.8, 4) is 0 Å². The van der Waals surface area contributed by atoms with Crippen LogP contribution in [0.15, 0.2) is 42.6 Å². The third-order valence-corrected chi connectivity index (χ3v) is 4.25. The van der Waals surface area contributed by atoms with E-state index < -0.39 is 23.8 Å². The highest BCUT2D eigenvalue weighted by Gasteiger charge is 2.35.